The first-order valence-corrected chi connectivity index (χ1v) is 25.8. The van der Waals surface area contributed by atoms with Gasteiger partial charge in [-0.25, -0.2) is 0 Å². The minimum absolute atomic E-state index is 0.378. The minimum atomic E-state index is -0.378. The fourth-order valence-electron chi connectivity index (χ4n) is 12.3. The summed E-state index contributed by atoms with van der Waals surface area (Å²) in [6.45, 7) is 4.82. The number of nitrogens with zero attached hydrogens (tertiary/aromatic N) is 2. The second-order valence-corrected chi connectivity index (χ2v) is 20.4. The monoisotopic (exact) mass is 960 g/mol. The summed E-state index contributed by atoms with van der Waals surface area (Å²) >= 11 is 0. The molecule has 1 aliphatic carbocycles. The first-order valence-electron chi connectivity index (χ1n) is 25.8. The van der Waals surface area contributed by atoms with E-state index in [0.29, 0.717) is 0 Å². The lowest BCUT2D eigenvalue weighted by Gasteiger charge is -2.31. The number of hydrogen-bond donors (Lipinski definition) is 0. The van der Waals surface area contributed by atoms with E-state index in [2.05, 4.69) is 272 Å². The molecule has 0 aliphatic heterocycles. The zero-order valence-electron chi connectivity index (χ0n) is 41.5. The minimum Gasteiger partial charge on any atom is -0.454 e. The summed E-state index contributed by atoms with van der Waals surface area (Å²) in [7, 11) is 0. The van der Waals surface area contributed by atoms with Gasteiger partial charge in [0.15, 0.2) is 11.2 Å². The maximum atomic E-state index is 6.93. The van der Waals surface area contributed by atoms with Gasteiger partial charge >= 0.3 is 0 Å². The zero-order chi connectivity index (χ0) is 49.8. The molecule has 14 aromatic rings. The van der Waals surface area contributed by atoms with Gasteiger partial charge in [0.2, 0.25) is 0 Å². The molecule has 2 aromatic heterocycles. The van der Waals surface area contributed by atoms with Gasteiger partial charge < -0.3 is 18.6 Å². The smallest absolute Gasteiger partial charge is 0.159 e. The number of para-hydroxylation sites is 4. The molecule has 0 atom stereocenters. The molecule has 75 heavy (non-hydrogen) atoms. The SMILES string of the molecule is CC1(C)c2cc3ccccc3c(N(c3cccc(-c4ccccc4)c3)c3cccc4c3oc3ccccc34)c2-c2ccc3cc(N(c4cccc(-c5ccccc5)c4)c4cccc5c4oc4ccccc45)ccc3c21. The standard InChI is InChI=1S/C71H48N2O2/c1-71(2)61-44-49-23-9-10-28-55(49)68(73(52-27-16-25-48(42-52)46-21-7-4-8-22-46)63-34-18-32-59-57-30-12-14-36-65(57)75-70(59)63)66(61)60-39-37-50-43-53(38-40-54(50)67(60)71)72(51-26-15-24-47(41-51)45-19-5-3-6-20-45)62-33-17-31-58-56-29-11-13-35-64(56)74-69(58)62/h3-44H,1-2H3. The highest BCUT2D eigenvalue weighted by Gasteiger charge is 2.41. The Morgan fingerprint density at radius 3 is 1.44 bits per heavy atom. The van der Waals surface area contributed by atoms with Crippen molar-refractivity contribution in [2.45, 2.75) is 19.3 Å². The van der Waals surface area contributed by atoms with Crippen molar-refractivity contribution < 1.29 is 8.83 Å². The molecular weight excluding hydrogens is 913 g/mol. The van der Waals surface area contributed by atoms with Crippen LogP contribution in [-0.4, -0.2) is 0 Å². The van der Waals surface area contributed by atoms with E-state index in [1.54, 1.807) is 0 Å². The molecule has 354 valence electrons. The molecule has 2 heterocycles. The lowest BCUT2D eigenvalue weighted by Crippen LogP contribution is -2.17. The molecule has 0 unspecified atom stereocenters. The maximum Gasteiger partial charge on any atom is 0.159 e. The molecule has 12 aromatic carbocycles. The fourth-order valence-corrected chi connectivity index (χ4v) is 12.3. The predicted octanol–water partition coefficient (Wildman–Crippen LogP) is 20.4. The lowest BCUT2D eigenvalue weighted by atomic mass is 9.79. The quantitative estimate of drug-likeness (QED) is 0.152. The van der Waals surface area contributed by atoms with Gasteiger partial charge in [0, 0.05) is 55.0 Å². The van der Waals surface area contributed by atoms with Gasteiger partial charge in [0.05, 0.1) is 17.1 Å². The topological polar surface area (TPSA) is 32.8 Å². The number of hydrogen-bond acceptors (Lipinski definition) is 4. The number of benzene rings is 12. The van der Waals surface area contributed by atoms with E-state index < -0.39 is 0 Å². The summed E-state index contributed by atoms with van der Waals surface area (Å²) in [5.41, 5.74) is 19.0. The highest BCUT2D eigenvalue weighted by atomic mass is 16.3. The number of furan rings is 2. The van der Waals surface area contributed by atoms with E-state index in [-0.39, 0.29) is 5.41 Å². The van der Waals surface area contributed by atoms with Crippen LogP contribution in [0.25, 0.3) is 98.8 Å². The van der Waals surface area contributed by atoms with Crippen molar-refractivity contribution in [1.29, 1.82) is 0 Å². The summed E-state index contributed by atoms with van der Waals surface area (Å²) < 4.78 is 13.7. The van der Waals surface area contributed by atoms with Crippen molar-refractivity contribution in [1.82, 2.24) is 0 Å². The molecule has 0 spiro atoms. The zero-order valence-corrected chi connectivity index (χ0v) is 41.5. The largest absolute Gasteiger partial charge is 0.454 e. The van der Waals surface area contributed by atoms with Crippen molar-refractivity contribution in [3.8, 4) is 33.4 Å². The molecule has 0 saturated carbocycles. The Morgan fingerprint density at radius 2 is 0.813 bits per heavy atom. The van der Waals surface area contributed by atoms with E-state index in [1.807, 2.05) is 6.07 Å². The van der Waals surface area contributed by atoms with E-state index >= 15 is 0 Å². The van der Waals surface area contributed by atoms with E-state index in [9.17, 15) is 0 Å². The van der Waals surface area contributed by atoms with Crippen molar-refractivity contribution >= 4 is 99.5 Å². The first-order chi connectivity index (χ1) is 37.0. The summed E-state index contributed by atoms with van der Waals surface area (Å²) in [4.78, 5) is 4.85. The molecule has 0 saturated heterocycles. The van der Waals surface area contributed by atoms with Gasteiger partial charge in [0.25, 0.3) is 0 Å². The third-order valence-corrected chi connectivity index (χ3v) is 15.7. The van der Waals surface area contributed by atoms with Gasteiger partial charge in [-0.15, -0.1) is 0 Å². The number of fused-ring (bicyclic) bond motifs is 12. The van der Waals surface area contributed by atoms with Crippen LogP contribution in [0, 0.1) is 0 Å². The number of anilines is 6. The summed E-state index contributed by atoms with van der Waals surface area (Å²) in [5, 5.41) is 9.13. The fraction of sp³-hybridized carbons (Fsp3) is 0.0423. The molecule has 4 heteroatoms. The van der Waals surface area contributed by atoms with Crippen LogP contribution in [0.3, 0.4) is 0 Å². The van der Waals surface area contributed by atoms with Gasteiger partial charge in [-0.2, -0.15) is 0 Å². The molecule has 0 amide bonds. The lowest BCUT2D eigenvalue weighted by molar-refractivity contribution is 0.667. The van der Waals surface area contributed by atoms with Crippen LogP contribution < -0.4 is 9.80 Å². The van der Waals surface area contributed by atoms with Crippen LogP contribution >= 0.6 is 0 Å². The Hall–Kier alpha value is -9.64. The van der Waals surface area contributed by atoms with Gasteiger partial charge in [-0.05, 0) is 122 Å². The van der Waals surface area contributed by atoms with Crippen LogP contribution in [0.1, 0.15) is 25.0 Å². The van der Waals surface area contributed by atoms with Crippen LogP contribution in [-0.2, 0) is 5.41 Å². The van der Waals surface area contributed by atoms with Gasteiger partial charge in [-0.1, -0.05) is 202 Å². The molecule has 0 N–H and O–H groups in total. The van der Waals surface area contributed by atoms with E-state index in [0.717, 1.165) is 89.1 Å². The van der Waals surface area contributed by atoms with Crippen molar-refractivity contribution in [2.75, 3.05) is 9.80 Å². The van der Waals surface area contributed by atoms with Crippen molar-refractivity contribution in [2.24, 2.45) is 0 Å². The van der Waals surface area contributed by atoms with Crippen LogP contribution in [0.2, 0.25) is 0 Å². The second-order valence-electron chi connectivity index (χ2n) is 20.4. The maximum absolute atomic E-state index is 6.93. The Labute approximate surface area is 434 Å². The van der Waals surface area contributed by atoms with E-state index in [4.69, 9.17) is 8.83 Å². The summed E-state index contributed by atoms with van der Waals surface area (Å²) in [6.07, 6.45) is 0. The third-order valence-electron chi connectivity index (χ3n) is 15.7. The van der Waals surface area contributed by atoms with Gasteiger partial charge in [-0.3, -0.25) is 0 Å². The molecule has 0 bridgehead atoms. The molecule has 1 aliphatic rings. The van der Waals surface area contributed by atoms with Crippen LogP contribution in [0.4, 0.5) is 34.1 Å². The third kappa shape index (κ3) is 6.69. The normalized spacial score (nSPS) is 12.8. The van der Waals surface area contributed by atoms with Crippen LogP contribution in [0.15, 0.2) is 264 Å². The van der Waals surface area contributed by atoms with Gasteiger partial charge in [0.1, 0.15) is 11.2 Å². The molecule has 15 rings (SSSR count). The predicted molar refractivity (Wildman–Crippen MR) is 314 cm³/mol. The Kier molecular flexibility index (Phi) is 9.58. The summed E-state index contributed by atoms with van der Waals surface area (Å²) in [5.74, 6) is 0. The van der Waals surface area contributed by atoms with Crippen molar-refractivity contribution in [3.05, 3.63) is 266 Å². The Morgan fingerprint density at radius 1 is 0.333 bits per heavy atom. The highest BCUT2D eigenvalue weighted by Crippen LogP contribution is 2.59. The Balaban J connectivity index is 0.966. The molecule has 4 nitrogen and oxygen atoms in total. The van der Waals surface area contributed by atoms with Crippen molar-refractivity contribution in [3.63, 3.8) is 0 Å². The number of rotatable bonds is 8. The second kappa shape index (κ2) is 16.7. The average molecular weight is 961 g/mol. The van der Waals surface area contributed by atoms with E-state index in [1.165, 1.54) is 54.9 Å². The molecular formula is C71H48N2O2. The van der Waals surface area contributed by atoms with Crippen LogP contribution in [0.5, 0.6) is 0 Å². The highest BCUT2D eigenvalue weighted by molar-refractivity contribution is 6.16. The molecule has 0 fully saturated rings. The summed E-state index contributed by atoms with van der Waals surface area (Å²) in [6, 6.07) is 92.1. The molecule has 0 radical (unpaired) electrons. The average Bonchev–Trinajstić information content (AvgIpc) is 4.16. The first kappa shape index (κ1) is 43.0. The Bertz CT molecular complexity index is 4580.